The number of phenolic OH excluding ortho intramolecular Hbond substituents is 1. The Hall–Kier alpha value is -2.25. The summed E-state index contributed by atoms with van der Waals surface area (Å²) in [7, 11) is 1.41. The highest BCUT2D eigenvalue weighted by molar-refractivity contribution is 9.10. The van der Waals surface area contributed by atoms with E-state index in [2.05, 4.69) is 26.8 Å². The summed E-state index contributed by atoms with van der Waals surface area (Å²) < 4.78 is 5.68. The Balaban J connectivity index is 2.11. The van der Waals surface area contributed by atoms with Crippen LogP contribution in [0.15, 0.2) is 40.9 Å². The molecule has 0 radical (unpaired) electrons. The number of methoxy groups -OCH3 is 1. The van der Waals surface area contributed by atoms with Gasteiger partial charge in [0.15, 0.2) is 0 Å². The monoisotopic (exact) mass is 398 g/mol. The minimum Gasteiger partial charge on any atom is -0.507 e. The van der Waals surface area contributed by atoms with Crippen molar-refractivity contribution in [2.75, 3.05) is 7.11 Å². The molecule has 0 bridgehead atoms. The third kappa shape index (κ3) is 4.14. The van der Waals surface area contributed by atoms with E-state index in [9.17, 15) is 14.7 Å². The zero-order valence-corrected chi connectivity index (χ0v) is 14.2. The maximum atomic E-state index is 12.1. The lowest BCUT2D eigenvalue weighted by molar-refractivity contribution is 0.0843. The summed E-state index contributed by atoms with van der Waals surface area (Å²) in [6.45, 7) is 0. The third-order valence-electron chi connectivity index (χ3n) is 2.90. The first kappa shape index (κ1) is 17.1. The molecule has 0 heterocycles. The van der Waals surface area contributed by atoms with E-state index in [1.807, 2.05) is 0 Å². The van der Waals surface area contributed by atoms with Gasteiger partial charge in [0.05, 0.1) is 18.2 Å². The van der Waals surface area contributed by atoms with Crippen molar-refractivity contribution in [2.24, 2.45) is 0 Å². The summed E-state index contributed by atoms with van der Waals surface area (Å²) in [5.74, 6) is -1.17. The van der Waals surface area contributed by atoms with Crippen LogP contribution in [0, 0.1) is 0 Å². The van der Waals surface area contributed by atoms with Crippen LogP contribution in [0.1, 0.15) is 20.7 Å². The number of halogens is 2. The first-order valence-corrected chi connectivity index (χ1v) is 7.52. The Morgan fingerprint density at radius 2 is 1.74 bits per heavy atom. The van der Waals surface area contributed by atoms with Gasteiger partial charge < -0.3 is 9.84 Å². The fourth-order valence-electron chi connectivity index (χ4n) is 1.80. The van der Waals surface area contributed by atoms with Gasteiger partial charge in [0.25, 0.3) is 11.8 Å². The van der Waals surface area contributed by atoms with Gasteiger partial charge in [0.2, 0.25) is 0 Å². The van der Waals surface area contributed by atoms with E-state index in [4.69, 9.17) is 16.3 Å². The fourth-order valence-corrected chi connectivity index (χ4v) is 2.33. The van der Waals surface area contributed by atoms with Crippen LogP contribution in [0.25, 0.3) is 0 Å². The molecular formula is C15H12BrClN2O4. The second kappa shape index (κ2) is 7.34. The lowest BCUT2D eigenvalue weighted by atomic mass is 10.2. The summed E-state index contributed by atoms with van der Waals surface area (Å²) in [6.07, 6.45) is 0. The molecule has 2 aromatic rings. The van der Waals surface area contributed by atoms with Crippen LogP contribution >= 0.6 is 27.5 Å². The van der Waals surface area contributed by atoms with Crippen molar-refractivity contribution in [1.82, 2.24) is 10.9 Å². The molecule has 0 aliphatic carbocycles. The molecule has 3 N–H and O–H groups in total. The number of ether oxygens (including phenoxy) is 1. The summed E-state index contributed by atoms with van der Waals surface area (Å²) in [5, 5.41) is 10.0. The summed E-state index contributed by atoms with van der Waals surface area (Å²) in [6, 6.07) is 8.91. The van der Waals surface area contributed by atoms with E-state index in [-0.39, 0.29) is 16.9 Å². The molecule has 0 fully saturated rings. The van der Waals surface area contributed by atoms with Crippen LogP contribution in [-0.4, -0.2) is 24.0 Å². The topological polar surface area (TPSA) is 87.7 Å². The Morgan fingerprint density at radius 3 is 2.39 bits per heavy atom. The molecule has 120 valence electrons. The average molecular weight is 400 g/mol. The molecule has 0 atom stereocenters. The number of hydrazine groups is 1. The molecule has 0 aliphatic rings. The van der Waals surface area contributed by atoms with Gasteiger partial charge in [-0.05, 0) is 36.4 Å². The molecule has 2 amide bonds. The number of nitrogens with one attached hydrogen (secondary N) is 2. The smallest absolute Gasteiger partial charge is 0.273 e. The zero-order chi connectivity index (χ0) is 17.0. The SMILES string of the molecule is COc1ccc(Cl)cc1C(=O)NNC(=O)c1cc(Br)ccc1O. The number of amides is 2. The Labute approximate surface area is 145 Å². The van der Waals surface area contributed by atoms with Gasteiger partial charge >= 0.3 is 0 Å². The van der Waals surface area contributed by atoms with Crippen LogP contribution in [-0.2, 0) is 0 Å². The van der Waals surface area contributed by atoms with Gasteiger partial charge in [-0.15, -0.1) is 0 Å². The van der Waals surface area contributed by atoms with Gasteiger partial charge in [-0.1, -0.05) is 27.5 Å². The van der Waals surface area contributed by atoms with Crippen molar-refractivity contribution >= 4 is 39.3 Å². The highest BCUT2D eigenvalue weighted by atomic mass is 79.9. The van der Waals surface area contributed by atoms with Gasteiger partial charge in [-0.25, -0.2) is 0 Å². The molecule has 0 saturated heterocycles. The van der Waals surface area contributed by atoms with E-state index < -0.39 is 11.8 Å². The lowest BCUT2D eigenvalue weighted by Gasteiger charge is -2.11. The number of carbonyl (C=O) groups is 2. The maximum Gasteiger partial charge on any atom is 0.273 e. The third-order valence-corrected chi connectivity index (χ3v) is 3.63. The summed E-state index contributed by atoms with van der Waals surface area (Å²) in [4.78, 5) is 24.1. The Bertz CT molecular complexity index is 767. The molecule has 0 aliphatic heterocycles. The van der Waals surface area contributed by atoms with Crippen molar-refractivity contribution in [3.8, 4) is 11.5 Å². The number of hydrogen-bond donors (Lipinski definition) is 3. The molecule has 0 saturated carbocycles. The van der Waals surface area contributed by atoms with E-state index in [0.29, 0.717) is 15.2 Å². The summed E-state index contributed by atoms with van der Waals surface area (Å²) >= 11 is 9.05. The standard InChI is InChI=1S/C15H12BrClN2O4/c1-23-13-5-3-9(17)7-11(13)15(22)19-18-14(21)10-6-8(16)2-4-12(10)20/h2-7,20H,1H3,(H,18,21)(H,19,22). The van der Waals surface area contributed by atoms with Crippen molar-refractivity contribution < 1.29 is 19.4 Å². The maximum absolute atomic E-state index is 12.1. The first-order chi connectivity index (χ1) is 10.9. The molecule has 0 spiro atoms. The van der Waals surface area contributed by atoms with Crippen LogP contribution in [0.3, 0.4) is 0 Å². The normalized spacial score (nSPS) is 10.0. The highest BCUT2D eigenvalue weighted by Crippen LogP contribution is 2.23. The van der Waals surface area contributed by atoms with Crippen LogP contribution in [0.2, 0.25) is 5.02 Å². The first-order valence-electron chi connectivity index (χ1n) is 6.35. The molecule has 0 unspecified atom stereocenters. The molecule has 2 aromatic carbocycles. The van der Waals surface area contributed by atoms with Crippen molar-refractivity contribution in [3.63, 3.8) is 0 Å². The second-order valence-electron chi connectivity index (χ2n) is 4.41. The van der Waals surface area contributed by atoms with Crippen LogP contribution in [0.4, 0.5) is 0 Å². The number of benzene rings is 2. The molecule has 2 rings (SSSR count). The fraction of sp³-hybridized carbons (Fsp3) is 0.0667. The number of hydrogen-bond acceptors (Lipinski definition) is 4. The molecule has 8 heteroatoms. The van der Waals surface area contributed by atoms with Gasteiger partial charge in [0, 0.05) is 9.50 Å². The Kier molecular flexibility index (Phi) is 5.46. The van der Waals surface area contributed by atoms with Crippen LogP contribution < -0.4 is 15.6 Å². The van der Waals surface area contributed by atoms with Crippen LogP contribution in [0.5, 0.6) is 11.5 Å². The number of carbonyl (C=O) groups excluding carboxylic acids is 2. The van der Waals surface area contributed by atoms with Gasteiger partial charge in [-0.3, -0.25) is 20.4 Å². The minimum atomic E-state index is -0.668. The van der Waals surface area contributed by atoms with Gasteiger partial charge in [0.1, 0.15) is 11.5 Å². The van der Waals surface area contributed by atoms with Crippen molar-refractivity contribution in [2.45, 2.75) is 0 Å². The molecule has 6 nitrogen and oxygen atoms in total. The summed E-state index contributed by atoms with van der Waals surface area (Å²) in [5.41, 5.74) is 4.64. The van der Waals surface area contributed by atoms with Crippen molar-refractivity contribution in [3.05, 3.63) is 57.0 Å². The number of aromatic hydroxyl groups is 1. The second-order valence-corrected chi connectivity index (χ2v) is 5.77. The molecule has 23 heavy (non-hydrogen) atoms. The number of rotatable bonds is 3. The predicted octanol–water partition coefficient (Wildman–Crippen LogP) is 2.89. The lowest BCUT2D eigenvalue weighted by Crippen LogP contribution is -2.41. The van der Waals surface area contributed by atoms with E-state index in [1.165, 1.54) is 25.3 Å². The zero-order valence-electron chi connectivity index (χ0n) is 11.9. The average Bonchev–Trinajstić information content (AvgIpc) is 2.54. The van der Waals surface area contributed by atoms with Crippen molar-refractivity contribution in [1.29, 1.82) is 0 Å². The molecular weight excluding hydrogens is 388 g/mol. The quantitative estimate of drug-likeness (QED) is 0.693. The Morgan fingerprint density at radius 1 is 1.09 bits per heavy atom. The van der Waals surface area contributed by atoms with E-state index >= 15 is 0 Å². The highest BCUT2D eigenvalue weighted by Gasteiger charge is 2.16. The van der Waals surface area contributed by atoms with Gasteiger partial charge in [-0.2, -0.15) is 0 Å². The number of phenols is 1. The minimum absolute atomic E-state index is 0.0118. The predicted molar refractivity (Wildman–Crippen MR) is 88.7 cm³/mol. The van der Waals surface area contributed by atoms with E-state index in [1.54, 1.807) is 18.2 Å². The molecule has 0 aromatic heterocycles. The van der Waals surface area contributed by atoms with E-state index in [0.717, 1.165) is 0 Å². The largest absolute Gasteiger partial charge is 0.507 e.